The van der Waals surface area contributed by atoms with E-state index in [4.69, 9.17) is 9.47 Å². The number of carbonyl (C=O) groups is 2. The molecular formula is C21H30O5. The largest absolute Gasteiger partial charge is 0.450 e. The molecule has 1 N–H and O–H groups in total. The van der Waals surface area contributed by atoms with E-state index in [1.54, 1.807) is 0 Å². The maximum atomic E-state index is 13.5. The maximum absolute atomic E-state index is 13.5. The van der Waals surface area contributed by atoms with Gasteiger partial charge < -0.3 is 14.6 Å². The van der Waals surface area contributed by atoms with Gasteiger partial charge in [0.2, 0.25) is 0 Å². The first-order chi connectivity index (χ1) is 12.2. The number of allylic oxidation sites excluding steroid dienone is 1. The normalized spacial score (nSPS) is 44.2. The van der Waals surface area contributed by atoms with Gasteiger partial charge in [-0.2, -0.15) is 0 Å². The highest BCUT2D eigenvalue weighted by atomic mass is 16.5. The van der Waals surface area contributed by atoms with Crippen molar-refractivity contribution in [2.45, 2.75) is 77.6 Å². The van der Waals surface area contributed by atoms with Gasteiger partial charge in [-0.25, -0.2) is 0 Å². The van der Waals surface area contributed by atoms with E-state index in [9.17, 15) is 14.7 Å². The molecule has 5 nitrogen and oxygen atoms in total. The van der Waals surface area contributed by atoms with E-state index >= 15 is 0 Å². The van der Waals surface area contributed by atoms with Crippen LogP contribution in [0.3, 0.4) is 0 Å². The van der Waals surface area contributed by atoms with Crippen LogP contribution in [0.25, 0.3) is 0 Å². The monoisotopic (exact) mass is 362 g/mol. The van der Waals surface area contributed by atoms with Gasteiger partial charge in [0.25, 0.3) is 0 Å². The molecule has 1 heterocycles. The summed E-state index contributed by atoms with van der Waals surface area (Å²) >= 11 is 0. The number of Topliss-reactive ketones (excluding diaryl/α,β-unsaturated/α-hetero) is 1. The number of ether oxygens (including phenoxy) is 2. The third-order valence-corrected chi connectivity index (χ3v) is 7.76. The van der Waals surface area contributed by atoms with Crippen LogP contribution in [0.15, 0.2) is 11.1 Å². The Balaban J connectivity index is 1.84. The number of ketones is 1. The molecule has 0 radical (unpaired) electrons. The number of aliphatic hydroxyl groups is 1. The molecule has 2 bridgehead atoms. The summed E-state index contributed by atoms with van der Waals surface area (Å²) in [6.07, 6.45) is 3.06. The second kappa shape index (κ2) is 5.90. The van der Waals surface area contributed by atoms with E-state index < -0.39 is 23.1 Å². The van der Waals surface area contributed by atoms with Crippen LogP contribution in [0.4, 0.5) is 0 Å². The summed E-state index contributed by atoms with van der Waals surface area (Å²) in [6, 6.07) is 0. The van der Waals surface area contributed by atoms with Gasteiger partial charge in [-0.05, 0) is 50.5 Å². The average molecular weight is 362 g/mol. The van der Waals surface area contributed by atoms with Crippen molar-refractivity contribution in [2.24, 2.45) is 23.2 Å². The number of rotatable bonds is 1. The lowest BCUT2D eigenvalue weighted by Crippen LogP contribution is -2.61. The fraction of sp³-hybridized carbons (Fsp3) is 0.810. The van der Waals surface area contributed by atoms with Crippen LogP contribution in [0.1, 0.15) is 59.8 Å². The zero-order chi connectivity index (χ0) is 18.9. The topological polar surface area (TPSA) is 72.8 Å². The standard InChI is InChI=1S/C21H30O5/c1-11-7-8-21(24)9-14-13(5-6-16-15(14)10-25-16)18(23)19(26-12(2)22)17(11)20(21,3)4/h13-16,19,24H,5-10H2,1-4H3/t13?,14?,15?,16-,19-,21-/m1/s1. The molecule has 4 aliphatic rings. The van der Waals surface area contributed by atoms with Crippen molar-refractivity contribution >= 4 is 11.8 Å². The summed E-state index contributed by atoms with van der Waals surface area (Å²) in [5, 5.41) is 11.7. The Bertz CT molecular complexity index is 678. The first-order valence-electron chi connectivity index (χ1n) is 9.91. The molecule has 1 saturated heterocycles. The van der Waals surface area contributed by atoms with Gasteiger partial charge in [0.15, 0.2) is 11.9 Å². The molecule has 0 spiro atoms. The minimum Gasteiger partial charge on any atom is -0.450 e. The van der Waals surface area contributed by atoms with Crippen LogP contribution in [0.2, 0.25) is 0 Å². The summed E-state index contributed by atoms with van der Waals surface area (Å²) in [5.74, 6) is -0.123. The lowest BCUT2D eigenvalue weighted by molar-refractivity contribution is -0.201. The minimum atomic E-state index is -0.888. The van der Waals surface area contributed by atoms with E-state index in [0.717, 1.165) is 30.4 Å². The molecule has 3 aliphatic carbocycles. The van der Waals surface area contributed by atoms with Crippen molar-refractivity contribution in [3.63, 3.8) is 0 Å². The van der Waals surface area contributed by atoms with E-state index in [1.807, 2.05) is 20.8 Å². The van der Waals surface area contributed by atoms with Crippen molar-refractivity contribution in [3.05, 3.63) is 11.1 Å². The fourth-order valence-corrected chi connectivity index (χ4v) is 6.09. The molecule has 5 heteroatoms. The molecule has 4 rings (SSSR count). The first-order valence-corrected chi connectivity index (χ1v) is 9.91. The van der Waals surface area contributed by atoms with Crippen molar-refractivity contribution in [2.75, 3.05) is 6.61 Å². The zero-order valence-corrected chi connectivity index (χ0v) is 16.2. The van der Waals surface area contributed by atoms with Crippen LogP contribution in [0.5, 0.6) is 0 Å². The van der Waals surface area contributed by atoms with Gasteiger partial charge in [0, 0.05) is 24.2 Å². The predicted molar refractivity (Wildman–Crippen MR) is 95.3 cm³/mol. The smallest absolute Gasteiger partial charge is 0.303 e. The molecule has 3 fully saturated rings. The highest BCUT2D eigenvalue weighted by Crippen LogP contribution is 2.57. The van der Waals surface area contributed by atoms with Crippen LogP contribution in [-0.4, -0.2) is 41.3 Å². The van der Waals surface area contributed by atoms with Gasteiger partial charge in [0.05, 0.1) is 18.3 Å². The average Bonchev–Trinajstić information content (AvgIpc) is 2.51. The summed E-state index contributed by atoms with van der Waals surface area (Å²) < 4.78 is 11.3. The Kier molecular flexibility index (Phi) is 4.12. The van der Waals surface area contributed by atoms with Gasteiger partial charge in [-0.1, -0.05) is 19.4 Å². The Morgan fingerprint density at radius 2 is 2.00 bits per heavy atom. The highest BCUT2D eigenvalue weighted by Gasteiger charge is 2.60. The highest BCUT2D eigenvalue weighted by molar-refractivity contribution is 5.91. The van der Waals surface area contributed by atoms with Gasteiger partial charge >= 0.3 is 5.97 Å². The molecule has 144 valence electrons. The van der Waals surface area contributed by atoms with Gasteiger partial charge in [-0.3, -0.25) is 9.59 Å². The lowest BCUT2D eigenvalue weighted by atomic mass is 9.52. The molecule has 0 aromatic rings. The molecule has 3 unspecified atom stereocenters. The second-order valence-electron chi connectivity index (χ2n) is 9.33. The number of hydrogen-bond acceptors (Lipinski definition) is 5. The lowest BCUT2D eigenvalue weighted by Gasteiger charge is -2.57. The number of carbonyl (C=O) groups excluding carboxylic acids is 2. The molecule has 0 aromatic heterocycles. The van der Waals surface area contributed by atoms with E-state index in [2.05, 4.69) is 0 Å². The zero-order valence-electron chi connectivity index (χ0n) is 16.2. The summed E-state index contributed by atoms with van der Waals surface area (Å²) in [5.41, 5.74) is 0.421. The van der Waals surface area contributed by atoms with E-state index in [0.29, 0.717) is 25.4 Å². The number of fused-ring (bicyclic) bond motifs is 5. The Morgan fingerprint density at radius 1 is 1.27 bits per heavy atom. The number of esters is 1. The Labute approximate surface area is 155 Å². The SMILES string of the molecule is CC(=O)O[C@H]1C(=O)C2CC[C@H]3OCC3C2C[C@]2(O)CCC(C)=C1C2(C)C. The number of hydrogen-bond donors (Lipinski definition) is 1. The van der Waals surface area contributed by atoms with E-state index in [-0.39, 0.29) is 23.7 Å². The summed E-state index contributed by atoms with van der Waals surface area (Å²) in [6.45, 7) is 8.06. The molecule has 6 atom stereocenters. The minimum absolute atomic E-state index is 0.0296. The first kappa shape index (κ1) is 18.2. The van der Waals surface area contributed by atoms with Gasteiger partial charge in [0.1, 0.15) is 0 Å². The molecule has 0 amide bonds. The molecule has 26 heavy (non-hydrogen) atoms. The Morgan fingerprint density at radius 3 is 2.62 bits per heavy atom. The third kappa shape index (κ3) is 2.43. The predicted octanol–water partition coefficient (Wildman–Crippen LogP) is 2.80. The quantitative estimate of drug-likeness (QED) is 0.574. The third-order valence-electron chi connectivity index (χ3n) is 7.76. The Hall–Kier alpha value is -1.20. The molecule has 0 aromatic carbocycles. The fourth-order valence-electron chi connectivity index (χ4n) is 6.09. The maximum Gasteiger partial charge on any atom is 0.303 e. The summed E-state index contributed by atoms with van der Waals surface area (Å²) in [7, 11) is 0. The van der Waals surface area contributed by atoms with Crippen molar-refractivity contribution < 1.29 is 24.2 Å². The van der Waals surface area contributed by atoms with Crippen molar-refractivity contribution in [1.29, 1.82) is 0 Å². The second-order valence-corrected chi connectivity index (χ2v) is 9.33. The van der Waals surface area contributed by atoms with Crippen LogP contribution in [-0.2, 0) is 19.1 Å². The molecule has 1 aliphatic heterocycles. The van der Waals surface area contributed by atoms with Crippen molar-refractivity contribution in [3.8, 4) is 0 Å². The van der Waals surface area contributed by atoms with Gasteiger partial charge in [-0.15, -0.1) is 0 Å². The van der Waals surface area contributed by atoms with Crippen LogP contribution in [0, 0.1) is 23.2 Å². The van der Waals surface area contributed by atoms with E-state index in [1.165, 1.54) is 6.92 Å². The molecular weight excluding hydrogens is 332 g/mol. The van der Waals surface area contributed by atoms with Crippen LogP contribution >= 0.6 is 0 Å². The summed E-state index contributed by atoms with van der Waals surface area (Å²) in [4.78, 5) is 25.4. The molecule has 2 saturated carbocycles. The van der Waals surface area contributed by atoms with Crippen LogP contribution < -0.4 is 0 Å². The van der Waals surface area contributed by atoms with Crippen molar-refractivity contribution in [1.82, 2.24) is 0 Å².